The second kappa shape index (κ2) is 9.52. The maximum Gasteiger partial charge on any atom is 0.261 e. The molecule has 182 valence electrons. The quantitative estimate of drug-likeness (QED) is 0.220. The first-order chi connectivity index (χ1) is 17.4. The second-order valence-corrected chi connectivity index (χ2v) is 13.6. The van der Waals surface area contributed by atoms with Crippen molar-refractivity contribution in [3.05, 3.63) is 91.0 Å². The van der Waals surface area contributed by atoms with Crippen molar-refractivity contribution in [2.45, 2.75) is 32.4 Å². The minimum Gasteiger partial charge on any atom is -0.446 e. The van der Waals surface area contributed by atoms with Gasteiger partial charge in [0.05, 0.1) is 0 Å². The highest BCUT2D eigenvalue weighted by Crippen LogP contribution is 2.37. The summed E-state index contributed by atoms with van der Waals surface area (Å²) in [6, 6.07) is 20.8. The Morgan fingerprint density at radius 1 is 0.778 bits per heavy atom. The Balaban J connectivity index is 1.43. The average molecular weight is 500 g/mol. The predicted molar refractivity (Wildman–Crippen MR) is 135 cm³/mol. The molecular weight excluding hydrogens is 474 g/mol. The summed E-state index contributed by atoms with van der Waals surface area (Å²) in [5, 5.41) is 2.18. The highest BCUT2D eigenvalue weighted by molar-refractivity contribution is 6.99. The lowest BCUT2D eigenvalue weighted by Gasteiger charge is -2.42. The van der Waals surface area contributed by atoms with Crippen molar-refractivity contribution in [2.75, 3.05) is 0 Å². The summed E-state index contributed by atoms with van der Waals surface area (Å²) in [6.45, 7) is 6.83. The third-order valence-electron chi connectivity index (χ3n) is 5.97. The predicted octanol–water partition coefficient (Wildman–Crippen LogP) is 4.87. The second-order valence-electron chi connectivity index (χ2n) is 9.31. The van der Waals surface area contributed by atoms with Crippen molar-refractivity contribution < 1.29 is 22.5 Å². The first-order valence-corrected chi connectivity index (χ1v) is 13.4. The zero-order valence-corrected chi connectivity index (χ0v) is 21.2. The van der Waals surface area contributed by atoms with Crippen LogP contribution in [0.15, 0.2) is 92.7 Å². The van der Waals surface area contributed by atoms with E-state index < -0.39 is 8.32 Å². The van der Waals surface area contributed by atoms with Gasteiger partial charge in [-0.1, -0.05) is 81.4 Å². The number of aldehydes is 1. The number of carbonyl (C=O) groups excluding carboxylic acids is 1. The highest BCUT2D eigenvalue weighted by atomic mass is 28.4. The number of hydrogen-bond donors (Lipinski definition) is 0. The normalized spacial score (nSPS) is 12.1. The molecule has 0 amide bonds. The van der Waals surface area contributed by atoms with Gasteiger partial charge in [0, 0.05) is 0 Å². The zero-order valence-electron chi connectivity index (χ0n) is 20.2. The Morgan fingerprint density at radius 3 is 1.92 bits per heavy atom. The van der Waals surface area contributed by atoms with Crippen molar-refractivity contribution in [1.82, 2.24) is 15.0 Å². The Morgan fingerprint density at radius 2 is 1.33 bits per heavy atom. The van der Waals surface area contributed by atoms with Gasteiger partial charge in [-0.2, -0.15) is 0 Å². The molecule has 8 nitrogen and oxygen atoms in total. The van der Waals surface area contributed by atoms with E-state index in [4.69, 9.17) is 17.7 Å². The molecule has 0 N–H and O–H groups in total. The minimum atomic E-state index is -2.73. The molecule has 3 heterocycles. The van der Waals surface area contributed by atoms with E-state index in [1.165, 1.54) is 29.2 Å². The van der Waals surface area contributed by atoms with Crippen LogP contribution in [0.5, 0.6) is 0 Å². The van der Waals surface area contributed by atoms with Gasteiger partial charge in [0.2, 0.25) is 17.7 Å². The van der Waals surface area contributed by atoms with Gasteiger partial charge >= 0.3 is 0 Å². The van der Waals surface area contributed by atoms with Gasteiger partial charge in [-0.25, -0.2) is 15.0 Å². The molecule has 0 fully saturated rings. The third-order valence-corrected chi connectivity index (χ3v) is 10.9. The summed E-state index contributed by atoms with van der Waals surface area (Å²) in [5.41, 5.74) is 0.953. The molecule has 5 aromatic rings. The molecule has 5 rings (SSSR count). The van der Waals surface area contributed by atoms with Crippen LogP contribution in [-0.2, 0) is 11.0 Å². The molecule has 0 aliphatic carbocycles. The molecule has 0 aliphatic rings. The van der Waals surface area contributed by atoms with Crippen LogP contribution in [0.2, 0.25) is 5.04 Å². The van der Waals surface area contributed by atoms with Crippen molar-refractivity contribution >= 4 is 25.0 Å². The van der Waals surface area contributed by atoms with Gasteiger partial charge in [-0.15, -0.1) is 0 Å². The van der Waals surface area contributed by atoms with Crippen LogP contribution in [0, 0.1) is 0 Å². The minimum absolute atomic E-state index is 0.168. The van der Waals surface area contributed by atoms with E-state index in [-0.39, 0.29) is 29.1 Å². The highest BCUT2D eigenvalue weighted by Gasteiger charge is 2.50. The molecule has 0 bridgehead atoms. The fourth-order valence-electron chi connectivity index (χ4n) is 4.35. The van der Waals surface area contributed by atoms with E-state index in [0.29, 0.717) is 23.6 Å². The zero-order chi connectivity index (χ0) is 25.2. The Labute approximate surface area is 209 Å². The number of carbonyl (C=O) groups is 1. The van der Waals surface area contributed by atoms with Crippen LogP contribution >= 0.6 is 0 Å². The van der Waals surface area contributed by atoms with Gasteiger partial charge in [0.15, 0.2) is 17.7 Å². The summed E-state index contributed by atoms with van der Waals surface area (Å²) in [6.07, 6.45) is 4.73. The van der Waals surface area contributed by atoms with E-state index in [9.17, 15) is 4.79 Å². The Kier molecular flexibility index (Phi) is 6.25. The summed E-state index contributed by atoms with van der Waals surface area (Å²) in [4.78, 5) is 23.8. The molecular formula is C27H25N3O5Si. The number of oxazole rings is 3. The maximum atomic E-state index is 10.9. The average Bonchev–Trinajstić information content (AvgIpc) is 3.65. The lowest BCUT2D eigenvalue weighted by molar-refractivity contribution is 0.111. The SMILES string of the molecule is CC(C)(C)[Si](OCc1nc(-c2nc(-c3nc(C=O)co3)co2)co1)(c1ccccc1)c1ccccc1. The van der Waals surface area contributed by atoms with Gasteiger partial charge in [-0.3, -0.25) is 4.79 Å². The molecule has 0 unspecified atom stereocenters. The Bertz CT molecular complexity index is 1410. The molecule has 2 aromatic carbocycles. The van der Waals surface area contributed by atoms with E-state index in [0.717, 1.165) is 0 Å². The lowest BCUT2D eigenvalue weighted by Crippen LogP contribution is -2.66. The molecule has 0 atom stereocenters. The van der Waals surface area contributed by atoms with Gasteiger partial charge in [-0.05, 0) is 15.4 Å². The van der Waals surface area contributed by atoms with Crippen molar-refractivity contribution in [1.29, 1.82) is 0 Å². The number of aromatic nitrogens is 3. The molecule has 0 saturated heterocycles. The topological polar surface area (TPSA) is 104 Å². The summed E-state index contributed by atoms with van der Waals surface area (Å²) in [7, 11) is -2.73. The van der Waals surface area contributed by atoms with Gasteiger partial charge in [0.25, 0.3) is 8.32 Å². The summed E-state index contributed by atoms with van der Waals surface area (Å²) >= 11 is 0. The molecule has 3 aromatic heterocycles. The van der Waals surface area contributed by atoms with Crippen LogP contribution in [0.4, 0.5) is 0 Å². The molecule has 0 aliphatic heterocycles. The smallest absolute Gasteiger partial charge is 0.261 e. The standard InChI is InChI=1S/C27H25N3O5Si/c1-27(2,3)36(20-10-6-4-7-11-20,21-12-8-5-9-13-21)35-18-24-29-22(16-32-24)26-30-23(17-34-26)25-28-19(14-31)15-33-25/h4-17H,18H2,1-3H3. The third kappa shape index (κ3) is 4.34. The maximum absolute atomic E-state index is 10.9. The molecule has 36 heavy (non-hydrogen) atoms. The molecule has 9 heteroatoms. The fraction of sp³-hybridized carbons (Fsp3) is 0.185. The van der Waals surface area contributed by atoms with Crippen molar-refractivity contribution in [2.24, 2.45) is 0 Å². The summed E-state index contributed by atoms with van der Waals surface area (Å²) < 4.78 is 23.4. The summed E-state index contributed by atoms with van der Waals surface area (Å²) in [5.74, 6) is 0.847. The van der Waals surface area contributed by atoms with Crippen LogP contribution in [0.1, 0.15) is 37.2 Å². The number of rotatable bonds is 8. The first kappa shape index (κ1) is 23.6. The van der Waals surface area contributed by atoms with Gasteiger partial charge in [0.1, 0.15) is 31.1 Å². The fourth-order valence-corrected chi connectivity index (χ4v) is 8.85. The van der Waals surface area contributed by atoms with E-state index >= 15 is 0 Å². The van der Waals surface area contributed by atoms with Crippen LogP contribution < -0.4 is 10.4 Å². The van der Waals surface area contributed by atoms with Crippen LogP contribution in [0.25, 0.3) is 23.2 Å². The number of nitrogens with zero attached hydrogens (tertiary/aromatic N) is 3. The van der Waals surface area contributed by atoms with Crippen LogP contribution in [-0.4, -0.2) is 29.6 Å². The van der Waals surface area contributed by atoms with Gasteiger partial charge < -0.3 is 17.7 Å². The van der Waals surface area contributed by atoms with E-state index in [2.05, 4.69) is 60.0 Å². The molecule has 0 saturated carbocycles. The lowest BCUT2D eigenvalue weighted by atomic mass is 10.2. The number of benzene rings is 2. The Hall–Kier alpha value is -4.08. The molecule has 0 spiro atoms. The monoisotopic (exact) mass is 499 g/mol. The number of hydrogen-bond acceptors (Lipinski definition) is 8. The van der Waals surface area contributed by atoms with E-state index in [1.54, 1.807) is 0 Å². The molecule has 0 radical (unpaired) electrons. The van der Waals surface area contributed by atoms with Crippen LogP contribution in [0.3, 0.4) is 0 Å². The van der Waals surface area contributed by atoms with Crippen molar-refractivity contribution in [3.8, 4) is 23.2 Å². The van der Waals surface area contributed by atoms with E-state index in [1.807, 2.05) is 36.4 Å². The largest absolute Gasteiger partial charge is 0.446 e. The first-order valence-electron chi connectivity index (χ1n) is 11.5. The van der Waals surface area contributed by atoms with Crippen molar-refractivity contribution in [3.63, 3.8) is 0 Å².